The van der Waals surface area contributed by atoms with E-state index in [2.05, 4.69) is 59.4 Å². The number of rotatable bonds is 4. The van der Waals surface area contributed by atoms with Crippen LogP contribution in [0.25, 0.3) is 5.00 Å². The van der Waals surface area contributed by atoms with Crippen molar-refractivity contribution in [1.82, 2.24) is 9.47 Å². The molecule has 4 aromatic rings. The molecular formula is C30H31N3O2S. The van der Waals surface area contributed by atoms with Crippen LogP contribution in [0.1, 0.15) is 58.6 Å². The average Bonchev–Trinajstić information content (AvgIpc) is 3.48. The van der Waals surface area contributed by atoms with Crippen molar-refractivity contribution in [3.05, 3.63) is 99.7 Å². The zero-order chi connectivity index (χ0) is 24.6. The molecule has 5 nitrogen and oxygen atoms in total. The topological polar surface area (TPSA) is 46.5 Å². The highest BCUT2D eigenvalue weighted by atomic mass is 32.1. The highest BCUT2D eigenvalue weighted by molar-refractivity contribution is 7.15. The SMILES string of the molecule is CCOc1ccccc1NC(=O)N1Cc2c(sc3c2CCCC3)-n2cccc2C1c1ccc(C)cc1. The van der Waals surface area contributed by atoms with Crippen LogP contribution in [0.15, 0.2) is 66.9 Å². The number of carbonyl (C=O) groups is 1. The van der Waals surface area contributed by atoms with Gasteiger partial charge in [0.2, 0.25) is 0 Å². The third-order valence-corrected chi connectivity index (χ3v) is 8.59. The summed E-state index contributed by atoms with van der Waals surface area (Å²) in [5.74, 6) is 0.687. The van der Waals surface area contributed by atoms with Crippen LogP contribution in [-0.4, -0.2) is 22.1 Å². The molecule has 1 atom stereocenters. The maximum atomic E-state index is 14.1. The molecule has 1 aliphatic carbocycles. The first-order chi connectivity index (χ1) is 17.6. The van der Waals surface area contributed by atoms with Crippen molar-refractivity contribution >= 4 is 23.1 Å². The predicted octanol–water partition coefficient (Wildman–Crippen LogP) is 7.26. The van der Waals surface area contributed by atoms with Crippen LogP contribution in [0.3, 0.4) is 0 Å². The van der Waals surface area contributed by atoms with Gasteiger partial charge in [0.15, 0.2) is 0 Å². The van der Waals surface area contributed by atoms with Crippen LogP contribution >= 0.6 is 11.3 Å². The van der Waals surface area contributed by atoms with Gasteiger partial charge in [-0.2, -0.15) is 0 Å². The number of fused-ring (bicyclic) bond motifs is 5. The van der Waals surface area contributed by atoms with Gasteiger partial charge in [0.1, 0.15) is 10.8 Å². The molecule has 0 saturated heterocycles. The molecule has 6 heteroatoms. The maximum absolute atomic E-state index is 14.1. The van der Waals surface area contributed by atoms with Crippen molar-refractivity contribution in [1.29, 1.82) is 0 Å². The second-order valence-electron chi connectivity index (χ2n) is 9.60. The van der Waals surface area contributed by atoms with Crippen molar-refractivity contribution in [2.75, 3.05) is 11.9 Å². The minimum atomic E-state index is -0.210. The van der Waals surface area contributed by atoms with E-state index in [9.17, 15) is 4.79 Å². The summed E-state index contributed by atoms with van der Waals surface area (Å²) in [6.07, 6.45) is 6.84. The minimum Gasteiger partial charge on any atom is -0.492 e. The fraction of sp³-hybridized carbons (Fsp3) is 0.300. The van der Waals surface area contributed by atoms with Gasteiger partial charge in [-0.05, 0) is 74.9 Å². The van der Waals surface area contributed by atoms with E-state index in [-0.39, 0.29) is 12.1 Å². The normalized spacial score (nSPS) is 16.5. The van der Waals surface area contributed by atoms with Gasteiger partial charge in [-0.3, -0.25) is 0 Å². The zero-order valence-corrected chi connectivity index (χ0v) is 21.6. The van der Waals surface area contributed by atoms with Crippen LogP contribution in [0.2, 0.25) is 0 Å². The lowest BCUT2D eigenvalue weighted by atomic mass is 9.95. The van der Waals surface area contributed by atoms with Gasteiger partial charge in [-0.15, -0.1) is 11.3 Å². The molecule has 0 bridgehead atoms. The molecule has 2 aromatic carbocycles. The van der Waals surface area contributed by atoms with E-state index in [0.717, 1.165) is 24.1 Å². The Kier molecular flexibility index (Phi) is 6.05. The summed E-state index contributed by atoms with van der Waals surface area (Å²) in [5, 5.41) is 4.45. The third-order valence-electron chi connectivity index (χ3n) is 7.26. The van der Waals surface area contributed by atoms with Crippen LogP contribution in [-0.2, 0) is 19.4 Å². The summed E-state index contributed by atoms with van der Waals surface area (Å²) in [6, 6.07) is 20.2. The summed E-state index contributed by atoms with van der Waals surface area (Å²) in [5.41, 5.74) is 6.88. The number of aryl methyl sites for hydroxylation is 2. The maximum Gasteiger partial charge on any atom is 0.323 e. The van der Waals surface area contributed by atoms with Gasteiger partial charge in [0.05, 0.1) is 30.6 Å². The quantitative estimate of drug-likeness (QED) is 0.322. The van der Waals surface area contributed by atoms with E-state index < -0.39 is 0 Å². The van der Waals surface area contributed by atoms with E-state index in [4.69, 9.17) is 4.74 Å². The second-order valence-corrected chi connectivity index (χ2v) is 10.7. The lowest BCUT2D eigenvalue weighted by molar-refractivity contribution is 0.194. The van der Waals surface area contributed by atoms with Gasteiger partial charge in [0, 0.05) is 16.6 Å². The molecule has 0 saturated carbocycles. The number of amides is 2. The summed E-state index contributed by atoms with van der Waals surface area (Å²) >= 11 is 1.91. The Bertz CT molecular complexity index is 1400. The number of ether oxygens (including phenoxy) is 1. The Morgan fingerprint density at radius 3 is 2.67 bits per heavy atom. The number of nitrogens with one attached hydrogen (secondary N) is 1. The Morgan fingerprint density at radius 1 is 1.03 bits per heavy atom. The highest BCUT2D eigenvalue weighted by Crippen LogP contribution is 2.44. The molecule has 0 fully saturated rings. The molecule has 0 spiro atoms. The molecule has 3 heterocycles. The Labute approximate surface area is 216 Å². The number of anilines is 1. The van der Waals surface area contributed by atoms with E-state index in [1.807, 2.05) is 47.4 Å². The molecule has 184 valence electrons. The van der Waals surface area contributed by atoms with E-state index >= 15 is 0 Å². The van der Waals surface area contributed by atoms with Crippen molar-refractivity contribution in [3.8, 4) is 10.8 Å². The van der Waals surface area contributed by atoms with Crippen molar-refractivity contribution < 1.29 is 9.53 Å². The monoisotopic (exact) mass is 497 g/mol. The summed E-state index contributed by atoms with van der Waals surface area (Å²) in [7, 11) is 0. The smallest absolute Gasteiger partial charge is 0.323 e. The van der Waals surface area contributed by atoms with Crippen molar-refractivity contribution in [2.45, 2.75) is 52.1 Å². The number of hydrogen-bond donors (Lipinski definition) is 1. The highest BCUT2D eigenvalue weighted by Gasteiger charge is 2.36. The molecule has 0 radical (unpaired) electrons. The van der Waals surface area contributed by atoms with Gasteiger partial charge < -0.3 is 19.5 Å². The number of para-hydroxylation sites is 2. The standard InChI is InChI=1S/C30H31N3O2S/c1-3-35-26-12-6-5-10-24(26)31-30(34)33-19-23-22-9-4-7-13-27(22)36-29(23)32-18-8-11-25(32)28(33)21-16-14-20(2)15-17-21/h5-6,8,10-12,14-18,28H,3-4,7,9,13,19H2,1-2H3,(H,31,34). The number of hydrogen-bond acceptors (Lipinski definition) is 3. The molecule has 1 N–H and O–H groups in total. The molecule has 2 aliphatic rings. The minimum absolute atomic E-state index is 0.121. The van der Waals surface area contributed by atoms with Crippen molar-refractivity contribution in [3.63, 3.8) is 0 Å². The molecular weight excluding hydrogens is 466 g/mol. The Balaban J connectivity index is 1.48. The first kappa shape index (κ1) is 22.9. The summed E-state index contributed by atoms with van der Waals surface area (Å²) in [4.78, 5) is 17.6. The van der Waals surface area contributed by atoms with E-state index in [0.29, 0.717) is 24.6 Å². The van der Waals surface area contributed by atoms with E-state index in [1.54, 1.807) is 0 Å². The molecule has 2 amide bonds. The predicted molar refractivity (Wildman–Crippen MR) is 145 cm³/mol. The largest absolute Gasteiger partial charge is 0.492 e. The van der Waals surface area contributed by atoms with Gasteiger partial charge in [-0.1, -0.05) is 42.0 Å². The van der Waals surface area contributed by atoms with Gasteiger partial charge in [-0.25, -0.2) is 4.79 Å². The van der Waals surface area contributed by atoms with Crippen molar-refractivity contribution in [2.24, 2.45) is 0 Å². The van der Waals surface area contributed by atoms with E-state index in [1.165, 1.54) is 39.4 Å². The zero-order valence-electron chi connectivity index (χ0n) is 20.8. The number of urea groups is 1. The lowest BCUT2D eigenvalue weighted by Crippen LogP contribution is -2.38. The third kappa shape index (κ3) is 3.99. The molecule has 6 rings (SSSR count). The summed E-state index contributed by atoms with van der Waals surface area (Å²) in [6.45, 7) is 5.17. The van der Waals surface area contributed by atoms with Crippen LogP contribution in [0, 0.1) is 6.92 Å². The average molecular weight is 498 g/mol. The number of aromatic nitrogens is 1. The second kappa shape index (κ2) is 9.51. The van der Waals surface area contributed by atoms with Gasteiger partial charge >= 0.3 is 6.03 Å². The number of nitrogens with zero attached hydrogens (tertiary/aromatic N) is 2. The fourth-order valence-electron chi connectivity index (χ4n) is 5.52. The van der Waals surface area contributed by atoms with Gasteiger partial charge in [0.25, 0.3) is 0 Å². The first-order valence-corrected chi connectivity index (χ1v) is 13.6. The number of benzene rings is 2. The fourth-order valence-corrected chi connectivity index (χ4v) is 6.93. The number of carbonyl (C=O) groups excluding carboxylic acids is 1. The molecule has 1 aliphatic heterocycles. The lowest BCUT2D eigenvalue weighted by Gasteiger charge is -2.31. The van der Waals surface area contributed by atoms with Crippen LogP contribution < -0.4 is 10.1 Å². The first-order valence-electron chi connectivity index (χ1n) is 12.8. The molecule has 2 aromatic heterocycles. The summed E-state index contributed by atoms with van der Waals surface area (Å²) < 4.78 is 8.12. The molecule has 36 heavy (non-hydrogen) atoms. The Morgan fingerprint density at radius 2 is 1.83 bits per heavy atom. The van der Waals surface area contributed by atoms with Crippen LogP contribution in [0.5, 0.6) is 5.75 Å². The Hall–Kier alpha value is -3.51. The molecule has 1 unspecified atom stereocenters. The number of thiophene rings is 1. The van der Waals surface area contributed by atoms with Crippen LogP contribution in [0.4, 0.5) is 10.5 Å².